The molecule has 3 unspecified atom stereocenters. The van der Waals surface area contributed by atoms with Crippen LogP contribution in [0.15, 0.2) is 18.2 Å². The van der Waals surface area contributed by atoms with E-state index in [4.69, 9.17) is 4.74 Å². The molecular weight excluding hydrogens is 324 g/mol. The van der Waals surface area contributed by atoms with Gasteiger partial charge in [0.1, 0.15) is 5.75 Å². The van der Waals surface area contributed by atoms with Gasteiger partial charge in [0.2, 0.25) is 0 Å². The summed E-state index contributed by atoms with van der Waals surface area (Å²) in [7, 11) is 0. The quantitative estimate of drug-likeness (QED) is 0.835. The van der Waals surface area contributed by atoms with E-state index in [2.05, 4.69) is 25.1 Å². The van der Waals surface area contributed by atoms with Crippen LogP contribution in [0.3, 0.4) is 0 Å². The molecule has 5 rings (SSSR count). The van der Waals surface area contributed by atoms with Crippen molar-refractivity contribution in [2.75, 3.05) is 0 Å². The van der Waals surface area contributed by atoms with Crippen molar-refractivity contribution in [3.63, 3.8) is 0 Å². The maximum Gasteiger partial charge on any atom is 0.120 e. The molecule has 1 aromatic carbocycles. The summed E-state index contributed by atoms with van der Waals surface area (Å²) in [6, 6.07) is 6.81. The molecule has 0 bridgehead atoms. The number of aryl methyl sites for hydroxylation is 1. The third kappa shape index (κ3) is 2.54. The molecule has 142 valence electrons. The first kappa shape index (κ1) is 17.1. The van der Waals surface area contributed by atoms with Crippen molar-refractivity contribution in [2.45, 2.75) is 88.9 Å². The Morgan fingerprint density at radius 3 is 2.69 bits per heavy atom. The van der Waals surface area contributed by atoms with Crippen molar-refractivity contribution in [1.29, 1.82) is 0 Å². The van der Waals surface area contributed by atoms with E-state index in [1.54, 1.807) is 0 Å². The monoisotopic (exact) mass is 356 g/mol. The van der Waals surface area contributed by atoms with Crippen LogP contribution < -0.4 is 4.74 Å². The highest BCUT2D eigenvalue weighted by molar-refractivity contribution is 5.41. The van der Waals surface area contributed by atoms with Crippen molar-refractivity contribution in [3.8, 4) is 5.75 Å². The van der Waals surface area contributed by atoms with Gasteiger partial charge < -0.3 is 14.9 Å². The normalized spacial score (nSPS) is 42.2. The van der Waals surface area contributed by atoms with Crippen LogP contribution in [0.4, 0.5) is 0 Å². The van der Waals surface area contributed by atoms with Gasteiger partial charge in [0.05, 0.1) is 18.3 Å². The third-order valence-corrected chi connectivity index (χ3v) is 8.28. The number of aliphatic hydroxyl groups excluding tert-OH is 2. The van der Waals surface area contributed by atoms with Gasteiger partial charge in [0, 0.05) is 0 Å². The summed E-state index contributed by atoms with van der Waals surface area (Å²) in [5.41, 5.74) is 2.89. The number of fused-ring (bicyclic) bond motifs is 5. The molecule has 4 aliphatic rings. The molecule has 4 aliphatic carbocycles. The minimum Gasteiger partial charge on any atom is -0.490 e. The Balaban J connectivity index is 1.39. The van der Waals surface area contributed by atoms with E-state index in [0.29, 0.717) is 23.9 Å². The summed E-state index contributed by atoms with van der Waals surface area (Å²) in [5, 5.41) is 20.8. The highest BCUT2D eigenvalue weighted by Crippen LogP contribution is 2.60. The lowest BCUT2D eigenvalue weighted by Gasteiger charge is -2.49. The van der Waals surface area contributed by atoms with Gasteiger partial charge in [-0.1, -0.05) is 13.0 Å². The number of hydrogen-bond donors (Lipinski definition) is 2. The van der Waals surface area contributed by atoms with Crippen molar-refractivity contribution >= 4 is 0 Å². The molecule has 0 heterocycles. The lowest BCUT2D eigenvalue weighted by atomic mass is 9.55. The fourth-order valence-corrected chi connectivity index (χ4v) is 6.82. The van der Waals surface area contributed by atoms with E-state index in [1.807, 2.05) is 0 Å². The van der Waals surface area contributed by atoms with E-state index in [0.717, 1.165) is 31.4 Å². The minimum atomic E-state index is -0.544. The Morgan fingerprint density at radius 2 is 1.88 bits per heavy atom. The van der Waals surface area contributed by atoms with Crippen LogP contribution in [0.1, 0.15) is 75.3 Å². The van der Waals surface area contributed by atoms with E-state index < -0.39 is 12.2 Å². The fraction of sp³-hybridized carbons (Fsp3) is 0.739. The molecule has 6 atom stereocenters. The van der Waals surface area contributed by atoms with E-state index in [1.165, 1.54) is 43.2 Å². The SMILES string of the molecule is C[C@]12CCC3c4ccc(OC5CCCC5)cc4CCC3C1C[C@@H](O)[C@@H]2O. The molecule has 1 aromatic rings. The van der Waals surface area contributed by atoms with Crippen molar-refractivity contribution < 1.29 is 14.9 Å². The van der Waals surface area contributed by atoms with Gasteiger partial charge in [0.15, 0.2) is 0 Å². The summed E-state index contributed by atoms with van der Waals surface area (Å²) in [6.07, 6.45) is 9.58. The molecule has 2 N–H and O–H groups in total. The number of aliphatic hydroxyl groups is 2. The maximum absolute atomic E-state index is 10.5. The number of hydrogen-bond acceptors (Lipinski definition) is 3. The standard InChI is InChI=1S/C23H32O3/c1-23-11-10-18-17-9-7-16(26-15-4-2-3-5-15)12-14(17)6-8-19(18)20(23)13-21(24)22(23)25/h7,9,12,15,18-22,24-25H,2-6,8,10-11,13H2,1H3/t18?,19?,20?,21-,22+,23+/m1/s1. The lowest BCUT2D eigenvalue weighted by Crippen LogP contribution is -2.44. The molecule has 0 radical (unpaired) electrons. The summed E-state index contributed by atoms with van der Waals surface area (Å²) >= 11 is 0. The van der Waals surface area contributed by atoms with Gasteiger partial charge in [-0.2, -0.15) is 0 Å². The van der Waals surface area contributed by atoms with Crippen molar-refractivity contribution in [2.24, 2.45) is 17.3 Å². The van der Waals surface area contributed by atoms with Crippen molar-refractivity contribution in [1.82, 2.24) is 0 Å². The molecule has 0 aromatic heterocycles. The molecule has 0 amide bonds. The van der Waals surface area contributed by atoms with Gasteiger partial charge in [0.25, 0.3) is 0 Å². The average molecular weight is 357 g/mol. The van der Waals surface area contributed by atoms with Crippen LogP contribution in [0.5, 0.6) is 5.75 Å². The predicted octanol–water partition coefficient (Wildman–Crippen LogP) is 4.20. The Morgan fingerprint density at radius 1 is 1.08 bits per heavy atom. The van der Waals surface area contributed by atoms with Crippen molar-refractivity contribution in [3.05, 3.63) is 29.3 Å². The Kier molecular flexibility index (Phi) is 4.09. The largest absolute Gasteiger partial charge is 0.490 e. The Labute approximate surface area is 156 Å². The first-order valence-electron chi connectivity index (χ1n) is 10.7. The zero-order valence-corrected chi connectivity index (χ0v) is 15.9. The van der Waals surface area contributed by atoms with Crippen LogP contribution >= 0.6 is 0 Å². The molecule has 3 heteroatoms. The lowest BCUT2D eigenvalue weighted by molar-refractivity contribution is -0.0505. The van der Waals surface area contributed by atoms with E-state index in [-0.39, 0.29) is 5.41 Å². The highest BCUT2D eigenvalue weighted by atomic mass is 16.5. The molecular formula is C23H32O3. The summed E-state index contributed by atoms with van der Waals surface area (Å²) in [6.45, 7) is 2.21. The van der Waals surface area contributed by atoms with Gasteiger partial charge in [-0.05, 0) is 104 Å². The summed E-state index contributed by atoms with van der Waals surface area (Å²) in [5.74, 6) is 2.71. The minimum absolute atomic E-state index is 0.0936. The van der Waals surface area contributed by atoms with Gasteiger partial charge in [-0.25, -0.2) is 0 Å². The molecule has 0 spiro atoms. The topological polar surface area (TPSA) is 49.7 Å². The Hall–Kier alpha value is -1.06. The molecule has 0 saturated heterocycles. The number of ether oxygens (including phenoxy) is 1. The molecule has 0 aliphatic heterocycles. The third-order valence-electron chi connectivity index (χ3n) is 8.28. The molecule has 3 nitrogen and oxygen atoms in total. The smallest absolute Gasteiger partial charge is 0.120 e. The highest BCUT2D eigenvalue weighted by Gasteiger charge is 2.57. The second-order valence-corrected chi connectivity index (χ2v) is 9.59. The predicted molar refractivity (Wildman–Crippen MR) is 101 cm³/mol. The first-order chi connectivity index (χ1) is 12.6. The zero-order valence-electron chi connectivity index (χ0n) is 15.9. The molecule has 3 saturated carbocycles. The van der Waals surface area contributed by atoms with E-state index in [9.17, 15) is 10.2 Å². The summed E-state index contributed by atoms with van der Waals surface area (Å²) in [4.78, 5) is 0. The number of rotatable bonds is 2. The average Bonchev–Trinajstić information content (AvgIpc) is 3.23. The zero-order chi connectivity index (χ0) is 17.9. The maximum atomic E-state index is 10.5. The van der Waals surface area contributed by atoms with Gasteiger partial charge >= 0.3 is 0 Å². The second kappa shape index (κ2) is 6.24. The van der Waals surface area contributed by atoms with Crippen LogP contribution in [-0.2, 0) is 6.42 Å². The molecule has 3 fully saturated rings. The van der Waals surface area contributed by atoms with Gasteiger partial charge in [-0.3, -0.25) is 0 Å². The Bertz CT molecular complexity index is 680. The summed E-state index contributed by atoms with van der Waals surface area (Å²) < 4.78 is 6.22. The van der Waals surface area contributed by atoms with Crippen LogP contribution in [0.2, 0.25) is 0 Å². The first-order valence-corrected chi connectivity index (χ1v) is 10.7. The van der Waals surface area contributed by atoms with Crippen LogP contribution in [0.25, 0.3) is 0 Å². The van der Waals surface area contributed by atoms with E-state index >= 15 is 0 Å². The van der Waals surface area contributed by atoms with Crippen LogP contribution in [-0.4, -0.2) is 28.5 Å². The fourth-order valence-electron chi connectivity index (χ4n) is 6.82. The molecule has 26 heavy (non-hydrogen) atoms. The number of benzene rings is 1. The second-order valence-electron chi connectivity index (χ2n) is 9.59. The van der Waals surface area contributed by atoms with Gasteiger partial charge in [-0.15, -0.1) is 0 Å². The van der Waals surface area contributed by atoms with Crippen LogP contribution in [0, 0.1) is 17.3 Å².